The van der Waals surface area contributed by atoms with Gasteiger partial charge >= 0.3 is 0 Å². The lowest BCUT2D eigenvalue weighted by molar-refractivity contribution is 0.488. The predicted molar refractivity (Wildman–Crippen MR) is 40.1 cm³/mol. The minimum absolute atomic E-state index is 0.535. The van der Waals surface area contributed by atoms with E-state index in [9.17, 15) is 0 Å². The van der Waals surface area contributed by atoms with E-state index >= 15 is 0 Å². The Morgan fingerprint density at radius 3 is 2.67 bits per heavy atom. The van der Waals surface area contributed by atoms with Gasteiger partial charge in [0.15, 0.2) is 0 Å². The molecular weight excluding hydrogens is 138 g/mol. The van der Waals surface area contributed by atoms with E-state index in [2.05, 4.69) is 5.32 Å². The molecule has 1 aliphatic rings. The normalized spacial score (nSPS) is 30.9. The lowest BCUT2D eigenvalue weighted by Gasteiger charge is -2.29. The largest absolute Gasteiger partial charge is 0.315 e. The lowest BCUT2D eigenvalue weighted by Crippen LogP contribution is -2.17. The van der Waals surface area contributed by atoms with Crippen LogP contribution in [-0.4, -0.2) is 33.7 Å². The highest BCUT2D eigenvalue weighted by Gasteiger charge is 2.13. The fraction of sp³-hybridized carbons (Fsp3) is 1.00. The highest BCUT2D eigenvalue weighted by atomic mass is 32.3. The van der Waals surface area contributed by atoms with Gasteiger partial charge in [-0.1, -0.05) is 0 Å². The lowest BCUT2D eigenvalue weighted by atomic mass is 10.5. The highest BCUT2D eigenvalue weighted by Crippen LogP contribution is 2.38. The summed E-state index contributed by atoms with van der Waals surface area (Å²) in [5.74, 6) is 1.12. The Bertz CT molecular complexity index is 87.0. The number of hydrogen-bond acceptors (Lipinski definition) is 3. The van der Waals surface area contributed by atoms with Gasteiger partial charge < -0.3 is 5.32 Å². The summed E-state index contributed by atoms with van der Waals surface area (Å²) in [5, 5.41) is 3.10. The topological polar surface area (TPSA) is 52.5 Å². The quantitative estimate of drug-likeness (QED) is 0.478. The first kappa shape index (κ1) is 7.34. The van der Waals surface area contributed by atoms with E-state index in [-0.39, 0.29) is 0 Å². The summed E-state index contributed by atoms with van der Waals surface area (Å²) < 4.78 is 18.3. The van der Waals surface area contributed by atoms with Gasteiger partial charge in [-0.15, -0.1) is 0 Å². The first-order chi connectivity index (χ1) is 4.21. The van der Waals surface area contributed by atoms with E-state index in [4.69, 9.17) is 9.11 Å². The monoisotopic (exact) mass is 151 g/mol. The summed E-state index contributed by atoms with van der Waals surface area (Å²) in [6, 6.07) is 0. The molecule has 0 aromatic rings. The Morgan fingerprint density at radius 2 is 1.89 bits per heavy atom. The number of rotatable bonds is 0. The van der Waals surface area contributed by atoms with E-state index in [1.165, 1.54) is 0 Å². The third-order valence-electron chi connectivity index (χ3n) is 1.43. The molecule has 0 atom stereocenters. The van der Waals surface area contributed by atoms with Crippen LogP contribution >= 0.6 is 10.6 Å². The minimum Gasteiger partial charge on any atom is -0.315 e. The van der Waals surface area contributed by atoms with Crippen LogP contribution in [0.2, 0.25) is 0 Å². The fourth-order valence-corrected chi connectivity index (χ4v) is 2.17. The van der Waals surface area contributed by atoms with Crippen LogP contribution in [0.1, 0.15) is 6.42 Å². The molecule has 1 fully saturated rings. The molecule has 1 rings (SSSR count). The third-order valence-corrected chi connectivity index (χ3v) is 3.23. The Hall–Kier alpha value is 0.230. The molecule has 0 aromatic carbocycles. The predicted octanol–water partition coefficient (Wildman–Crippen LogP) is 0.730. The van der Waals surface area contributed by atoms with Crippen molar-refractivity contribution >= 4 is 10.6 Å². The van der Waals surface area contributed by atoms with Gasteiger partial charge in [0, 0.05) is 18.1 Å². The summed E-state index contributed by atoms with van der Waals surface area (Å²) in [6.07, 6.45) is 0.891. The first-order valence-electron chi connectivity index (χ1n) is 3.15. The van der Waals surface area contributed by atoms with Gasteiger partial charge in [-0.25, -0.2) is 0 Å². The standard InChI is InChI=1S/C5H13NO2S/c7-9(8)4-1-2-6-3-5-9/h6-8H,1-5H2. The van der Waals surface area contributed by atoms with Crippen LogP contribution in [0, 0.1) is 0 Å². The second-order valence-electron chi connectivity index (χ2n) is 2.31. The van der Waals surface area contributed by atoms with Gasteiger partial charge in [0.25, 0.3) is 0 Å². The zero-order chi connectivity index (χ0) is 6.74. The second kappa shape index (κ2) is 2.88. The first-order valence-corrected chi connectivity index (χ1v) is 5.03. The molecule has 1 saturated heterocycles. The van der Waals surface area contributed by atoms with Crippen LogP contribution in [0.4, 0.5) is 0 Å². The zero-order valence-electron chi connectivity index (χ0n) is 5.34. The van der Waals surface area contributed by atoms with Gasteiger partial charge in [0.1, 0.15) is 0 Å². The summed E-state index contributed by atoms with van der Waals surface area (Å²) in [5.41, 5.74) is 0. The highest BCUT2D eigenvalue weighted by molar-refractivity contribution is 8.24. The number of nitrogens with one attached hydrogen (secondary N) is 1. The van der Waals surface area contributed by atoms with Crippen molar-refractivity contribution in [3.63, 3.8) is 0 Å². The van der Waals surface area contributed by atoms with Crippen molar-refractivity contribution in [3.8, 4) is 0 Å². The fourth-order valence-electron chi connectivity index (χ4n) is 0.891. The third kappa shape index (κ3) is 2.53. The molecule has 0 aromatic heterocycles. The van der Waals surface area contributed by atoms with E-state index in [0.717, 1.165) is 19.5 Å². The van der Waals surface area contributed by atoms with Gasteiger partial charge in [-0.05, 0) is 13.0 Å². The molecule has 4 heteroatoms. The molecule has 0 amide bonds. The Balaban J connectivity index is 2.36. The van der Waals surface area contributed by atoms with Crippen molar-refractivity contribution in [2.75, 3.05) is 24.6 Å². The van der Waals surface area contributed by atoms with Gasteiger partial charge in [0.05, 0.1) is 0 Å². The molecule has 3 N–H and O–H groups in total. The molecule has 0 spiro atoms. The molecular formula is C5H13NO2S. The van der Waals surface area contributed by atoms with E-state index in [0.29, 0.717) is 11.5 Å². The van der Waals surface area contributed by atoms with Crippen molar-refractivity contribution < 1.29 is 9.11 Å². The van der Waals surface area contributed by atoms with Crippen LogP contribution in [0.5, 0.6) is 0 Å². The molecule has 0 radical (unpaired) electrons. The Kier molecular flexibility index (Phi) is 2.35. The molecule has 3 nitrogen and oxygen atoms in total. The number of hydrogen-bond donors (Lipinski definition) is 3. The molecule has 1 heterocycles. The molecule has 1 aliphatic heterocycles. The maximum atomic E-state index is 9.15. The minimum atomic E-state index is -2.18. The molecule has 56 valence electrons. The Labute approximate surface area is 56.8 Å². The van der Waals surface area contributed by atoms with Crippen LogP contribution in [0.25, 0.3) is 0 Å². The zero-order valence-corrected chi connectivity index (χ0v) is 6.15. The summed E-state index contributed by atoms with van der Waals surface area (Å²) in [4.78, 5) is 0. The second-order valence-corrected chi connectivity index (χ2v) is 4.73. The average molecular weight is 151 g/mol. The van der Waals surface area contributed by atoms with Crippen molar-refractivity contribution in [3.05, 3.63) is 0 Å². The molecule has 0 bridgehead atoms. The van der Waals surface area contributed by atoms with Crippen LogP contribution < -0.4 is 5.32 Å². The van der Waals surface area contributed by atoms with Gasteiger partial charge in [-0.2, -0.15) is 10.6 Å². The van der Waals surface area contributed by atoms with Crippen molar-refractivity contribution in [1.29, 1.82) is 0 Å². The molecule has 0 unspecified atom stereocenters. The van der Waals surface area contributed by atoms with E-state index in [1.807, 2.05) is 0 Å². The van der Waals surface area contributed by atoms with Crippen LogP contribution in [-0.2, 0) is 0 Å². The summed E-state index contributed by atoms with van der Waals surface area (Å²) >= 11 is 0. The van der Waals surface area contributed by atoms with Crippen LogP contribution in [0.3, 0.4) is 0 Å². The smallest absolute Gasteiger partial charge is 0.0499 e. The van der Waals surface area contributed by atoms with Crippen molar-refractivity contribution in [2.24, 2.45) is 0 Å². The van der Waals surface area contributed by atoms with Crippen molar-refractivity contribution in [2.45, 2.75) is 6.42 Å². The van der Waals surface area contributed by atoms with Crippen molar-refractivity contribution in [1.82, 2.24) is 5.32 Å². The van der Waals surface area contributed by atoms with E-state index in [1.54, 1.807) is 0 Å². The maximum Gasteiger partial charge on any atom is 0.0499 e. The Morgan fingerprint density at radius 1 is 1.11 bits per heavy atom. The SMILES string of the molecule is OS1(O)CCCNCC1. The molecule has 0 aliphatic carbocycles. The maximum absolute atomic E-state index is 9.15. The van der Waals surface area contributed by atoms with Crippen LogP contribution in [0.15, 0.2) is 0 Å². The molecule has 9 heavy (non-hydrogen) atoms. The van der Waals surface area contributed by atoms with Gasteiger partial charge in [0.2, 0.25) is 0 Å². The summed E-state index contributed by atoms with van der Waals surface area (Å²) in [7, 11) is -2.18. The van der Waals surface area contributed by atoms with Gasteiger partial charge in [-0.3, -0.25) is 9.11 Å². The molecule has 0 saturated carbocycles. The van der Waals surface area contributed by atoms with E-state index < -0.39 is 10.6 Å². The summed E-state index contributed by atoms with van der Waals surface area (Å²) in [6.45, 7) is 1.68. The average Bonchev–Trinajstić information content (AvgIpc) is 1.92.